The standard InChI is InChI=1S/C7H13O2.BrH.Zn/c1-5-6(8)9-7(2,3)4;;/h1,5H2,2-4H3;1H;/q-1;;. The minimum Gasteiger partial charge on any atom is -0.462 e. The molecule has 0 saturated carbocycles. The van der Waals surface area contributed by atoms with Gasteiger partial charge in [0, 0.05) is 19.5 Å². The van der Waals surface area contributed by atoms with E-state index < -0.39 is 0 Å². The van der Waals surface area contributed by atoms with E-state index in [1.165, 1.54) is 0 Å². The summed E-state index contributed by atoms with van der Waals surface area (Å²) in [5, 5.41) is 0. The molecular weight excluding hydrogens is 261 g/mol. The van der Waals surface area contributed by atoms with E-state index in [2.05, 4.69) is 6.92 Å². The molecule has 0 fully saturated rings. The first-order valence-electron chi connectivity index (χ1n) is 2.97. The molecule has 64 valence electrons. The van der Waals surface area contributed by atoms with Crippen LogP contribution >= 0.6 is 17.0 Å². The molecule has 0 amide bonds. The third kappa shape index (κ3) is 13.5. The average molecular weight is 275 g/mol. The number of esters is 1. The van der Waals surface area contributed by atoms with Crippen molar-refractivity contribution in [3.05, 3.63) is 6.92 Å². The van der Waals surface area contributed by atoms with Gasteiger partial charge < -0.3 is 11.7 Å². The maximum absolute atomic E-state index is 10.5. The molecule has 0 radical (unpaired) electrons. The molecule has 0 saturated heterocycles. The van der Waals surface area contributed by atoms with E-state index in [-0.39, 0.29) is 54.5 Å². The van der Waals surface area contributed by atoms with Gasteiger partial charge in [0.2, 0.25) is 0 Å². The minimum atomic E-state index is -0.366. The normalized spacial score (nSPS) is 9.09. The van der Waals surface area contributed by atoms with Gasteiger partial charge in [-0.3, -0.25) is 4.79 Å². The van der Waals surface area contributed by atoms with Crippen LogP contribution in [0.15, 0.2) is 0 Å². The summed E-state index contributed by atoms with van der Waals surface area (Å²) in [7, 11) is 0. The molecule has 0 aromatic rings. The van der Waals surface area contributed by atoms with Gasteiger partial charge in [0.05, 0.1) is 0 Å². The van der Waals surface area contributed by atoms with Crippen LogP contribution in [0.1, 0.15) is 27.2 Å². The fourth-order valence-electron chi connectivity index (χ4n) is 0.393. The Labute approximate surface area is 91.6 Å². The van der Waals surface area contributed by atoms with Crippen LogP contribution in [-0.2, 0) is 29.0 Å². The maximum Gasteiger partial charge on any atom is 0.275 e. The van der Waals surface area contributed by atoms with Gasteiger partial charge in [0.1, 0.15) is 5.60 Å². The van der Waals surface area contributed by atoms with Gasteiger partial charge in [0.15, 0.2) is 0 Å². The summed E-state index contributed by atoms with van der Waals surface area (Å²) in [6.45, 7) is 8.90. The molecule has 0 heterocycles. The fourth-order valence-corrected chi connectivity index (χ4v) is 0.393. The van der Waals surface area contributed by atoms with Crippen LogP contribution in [0.5, 0.6) is 0 Å². The molecule has 0 spiro atoms. The number of hydrogen-bond donors (Lipinski definition) is 0. The van der Waals surface area contributed by atoms with Crippen molar-refractivity contribution in [1.29, 1.82) is 0 Å². The first-order valence-corrected chi connectivity index (χ1v) is 2.97. The molecule has 0 aliphatic carbocycles. The Balaban J connectivity index is -0.000000320. The molecule has 0 aromatic carbocycles. The summed E-state index contributed by atoms with van der Waals surface area (Å²) in [6.07, 6.45) is 0.206. The number of rotatable bonds is 1. The quantitative estimate of drug-likeness (QED) is 0.416. The molecule has 0 aliphatic heterocycles. The molecule has 4 heteroatoms. The van der Waals surface area contributed by atoms with Crippen LogP contribution in [-0.4, -0.2) is 11.6 Å². The van der Waals surface area contributed by atoms with E-state index >= 15 is 0 Å². The van der Waals surface area contributed by atoms with Crippen molar-refractivity contribution in [2.75, 3.05) is 0 Å². The number of carbonyl (C=O) groups is 1. The molecule has 0 aromatic heterocycles. The van der Waals surface area contributed by atoms with Crippen molar-refractivity contribution in [2.45, 2.75) is 32.8 Å². The van der Waals surface area contributed by atoms with Crippen LogP contribution in [0, 0.1) is 6.92 Å². The summed E-state index contributed by atoms with van der Waals surface area (Å²) in [5.74, 6) is -0.248. The second kappa shape index (κ2) is 7.23. The van der Waals surface area contributed by atoms with Gasteiger partial charge in [0.25, 0.3) is 5.97 Å². The van der Waals surface area contributed by atoms with Gasteiger partial charge in [-0.2, -0.15) is 0 Å². The van der Waals surface area contributed by atoms with Crippen molar-refractivity contribution in [3.63, 3.8) is 0 Å². The molecule has 0 bridgehead atoms. The Kier molecular flexibility index (Phi) is 11.6. The number of ether oxygens (including phenoxy) is 1. The Morgan fingerprint density at radius 1 is 1.45 bits per heavy atom. The number of hydrogen-bond acceptors (Lipinski definition) is 2. The first kappa shape index (κ1) is 17.6. The first-order chi connectivity index (χ1) is 3.95. The Bertz CT molecular complexity index is 109. The predicted octanol–water partition coefficient (Wildman–Crippen LogP) is 2.13. The van der Waals surface area contributed by atoms with E-state index in [0.717, 1.165) is 0 Å². The van der Waals surface area contributed by atoms with Gasteiger partial charge in [-0.05, 0) is 20.8 Å². The monoisotopic (exact) mass is 273 g/mol. The second-order valence-electron chi connectivity index (χ2n) is 2.84. The molecule has 0 rings (SSSR count). The van der Waals surface area contributed by atoms with E-state index in [1.807, 2.05) is 20.8 Å². The van der Waals surface area contributed by atoms with Gasteiger partial charge in [-0.1, -0.05) is 6.42 Å². The zero-order chi connectivity index (χ0) is 7.49. The van der Waals surface area contributed by atoms with Crippen molar-refractivity contribution in [2.24, 2.45) is 0 Å². The van der Waals surface area contributed by atoms with Crippen LogP contribution < -0.4 is 0 Å². The van der Waals surface area contributed by atoms with Crippen molar-refractivity contribution < 1.29 is 29.0 Å². The summed E-state index contributed by atoms with van der Waals surface area (Å²) in [5.41, 5.74) is -0.366. The molecular formula is C7H14BrO2Zn-. The summed E-state index contributed by atoms with van der Waals surface area (Å²) in [6, 6.07) is 0. The van der Waals surface area contributed by atoms with Gasteiger partial charge in [-0.15, -0.1) is 17.0 Å². The Morgan fingerprint density at radius 3 is 1.91 bits per heavy atom. The van der Waals surface area contributed by atoms with Crippen LogP contribution in [0.3, 0.4) is 0 Å². The molecule has 0 unspecified atom stereocenters. The second-order valence-corrected chi connectivity index (χ2v) is 2.84. The topological polar surface area (TPSA) is 26.3 Å². The summed E-state index contributed by atoms with van der Waals surface area (Å²) < 4.78 is 4.89. The molecule has 0 aliphatic rings. The summed E-state index contributed by atoms with van der Waals surface area (Å²) in [4.78, 5) is 10.5. The van der Waals surface area contributed by atoms with E-state index in [4.69, 9.17) is 4.74 Å². The van der Waals surface area contributed by atoms with Gasteiger partial charge >= 0.3 is 0 Å². The largest absolute Gasteiger partial charge is 0.462 e. The summed E-state index contributed by atoms with van der Waals surface area (Å²) >= 11 is 0. The molecule has 0 atom stereocenters. The van der Waals surface area contributed by atoms with Crippen LogP contribution in [0.25, 0.3) is 0 Å². The number of carbonyl (C=O) groups excluding carboxylic acids is 1. The zero-order valence-electron chi connectivity index (χ0n) is 7.35. The number of halogens is 1. The Morgan fingerprint density at radius 2 is 1.82 bits per heavy atom. The van der Waals surface area contributed by atoms with Crippen LogP contribution in [0.4, 0.5) is 0 Å². The molecule has 0 N–H and O–H groups in total. The molecule has 2 nitrogen and oxygen atoms in total. The van der Waals surface area contributed by atoms with E-state index in [9.17, 15) is 4.79 Å². The van der Waals surface area contributed by atoms with E-state index in [0.29, 0.717) is 0 Å². The third-order valence-electron chi connectivity index (χ3n) is 0.624. The van der Waals surface area contributed by atoms with Crippen molar-refractivity contribution in [3.8, 4) is 0 Å². The molecule has 11 heavy (non-hydrogen) atoms. The third-order valence-corrected chi connectivity index (χ3v) is 0.624. The minimum absolute atomic E-state index is 0. The maximum atomic E-state index is 10.5. The van der Waals surface area contributed by atoms with Crippen LogP contribution in [0.2, 0.25) is 0 Å². The van der Waals surface area contributed by atoms with Crippen molar-refractivity contribution >= 4 is 23.0 Å². The average Bonchev–Trinajstić information content (AvgIpc) is 1.62. The fraction of sp³-hybridized carbons (Fsp3) is 0.714. The van der Waals surface area contributed by atoms with E-state index in [1.54, 1.807) is 0 Å². The van der Waals surface area contributed by atoms with Crippen molar-refractivity contribution in [1.82, 2.24) is 0 Å². The zero-order valence-corrected chi connectivity index (χ0v) is 12.0. The Hall–Kier alpha value is 0.573. The van der Waals surface area contributed by atoms with Gasteiger partial charge in [-0.25, -0.2) is 0 Å². The smallest absolute Gasteiger partial charge is 0.275 e. The predicted molar refractivity (Wildman–Crippen MR) is 46.1 cm³/mol. The SMILES string of the molecule is Br.[CH2-]CC(=O)OC(C)(C)C.[Zn].